The molecule has 7 nitrogen and oxygen atoms in total. The van der Waals surface area contributed by atoms with Crippen LogP contribution in [0.25, 0.3) is 21.3 Å². The van der Waals surface area contributed by atoms with E-state index in [4.69, 9.17) is 4.98 Å². The molecular weight excluding hydrogens is 422 g/mol. The lowest BCUT2D eigenvalue weighted by Gasteiger charge is -2.26. The lowest BCUT2D eigenvalue weighted by molar-refractivity contribution is 0.126. The Labute approximate surface area is 190 Å². The molecule has 5 rings (SSSR count). The summed E-state index contributed by atoms with van der Waals surface area (Å²) >= 11 is 1.57. The van der Waals surface area contributed by atoms with E-state index in [9.17, 15) is 10.2 Å². The maximum absolute atomic E-state index is 9.69. The van der Waals surface area contributed by atoms with Crippen molar-refractivity contribution in [2.45, 2.75) is 44.4 Å². The molecule has 1 aromatic carbocycles. The largest absolute Gasteiger partial charge is 0.393 e. The average Bonchev–Trinajstić information content (AvgIpc) is 3.22. The molecular formula is C24H25N5O2S. The zero-order valence-corrected chi connectivity index (χ0v) is 18.3. The van der Waals surface area contributed by atoms with Crippen LogP contribution >= 0.6 is 11.3 Å². The van der Waals surface area contributed by atoms with E-state index in [1.165, 1.54) is 0 Å². The molecule has 32 heavy (non-hydrogen) atoms. The monoisotopic (exact) mass is 447 g/mol. The third kappa shape index (κ3) is 4.72. The highest BCUT2D eigenvalue weighted by Crippen LogP contribution is 2.32. The number of pyridine rings is 2. The number of fused-ring (bicyclic) bond motifs is 1. The van der Waals surface area contributed by atoms with Crippen molar-refractivity contribution in [1.29, 1.82) is 0 Å². The molecule has 0 saturated heterocycles. The number of nitrogens with one attached hydrogen (secondary N) is 2. The second-order valence-corrected chi connectivity index (χ2v) is 9.16. The van der Waals surface area contributed by atoms with E-state index in [1.54, 1.807) is 23.7 Å². The molecule has 1 aliphatic carbocycles. The van der Waals surface area contributed by atoms with E-state index in [0.29, 0.717) is 6.04 Å². The van der Waals surface area contributed by atoms with E-state index in [0.717, 1.165) is 69.4 Å². The molecule has 3 heterocycles. The topological polar surface area (TPSA) is 103 Å². The Morgan fingerprint density at radius 3 is 2.62 bits per heavy atom. The van der Waals surface area contributed by atoms with Gasteiger partial charge in [0.25, 0.3) is 0 Å². The van der Waals surface area contributed by atoms with Crippen LogP contribution in [0.2, 0.25) is 0 Å². The van der Waals surface area contributed by atoms with Crippen molar-refractivity contribution in [3.63, 3.8) is 0 Å². The molecule has 0 bridgehead atoms. The van der Waals surface area contributed by atoms with E-state index in [-0.39, 0.29) is 12.7 Å². The Hall–Kier alpha value is -3.07. The van der Waals surface area contributed by atoms with Crippen molar-refractivity contribution in [3.8, 4) is 11.1 Å². The molecule has 164 valence electrons. The van der Waals surface area contributed by atoms with Crippen LogP contribution in [0.3, 0.4) is 0 Å². The Morgan fingerprint density at radius 1 is 0.938 bits per heavy atom. The summed E-state index contributed by atoms with van der Waals surface area (Å²) in [6.07, 6.45) is 6.89. The van der Waals surface area contributed by atoms with Gasteiger partial charge in [-0.1, -0.05) is 23.5 Å². The normalized spacial score (nSPS) is 18.6. The fourth-order valence-corrected chi connectivity index (χ4v) is 4.93. The number of hydrogen-bond donors (Lipinski definition) is 4. The molecule has 1 aliphatic rings. The highest BCUT2D eigenvalue weighted by molar-refractivity contribution is 7.22. The van der Waals surface area contributed by atoms with Gasteiger partial charge in [0.05, 0.1) is 22.9 Å². The van der Waals surface area contributed by atoms with Gasteiger partial charge in [0.2, 0.25) is 0 Å². The molecule has 3 aromatic heterocycles. The Bertz CT molecular complexity index is 1220. The maximum atomic E-state index is 9.69. The zero-order chi connectivity index (χ0) is 21.9. The molecule has 0 unspecified atom stereocenters. The summed E-state index contributed by atoms with van der Waals surface area (Å²) in [5.74, 6) is 1.57. The van der Waals surface area contributed by atoms with Crippen LogP contribution in [0.4, 0.5) is 16.8 Å². The number of thiazole rings is 1. The van der Waals surface area contributed by atoms with Gasteiger partial charge < -0.3 is 20.8 Å². The SMILES string of the molecule is OCc1cncc(-c2ccc3nc(Nc4cccc(NC5CCC(O)CC5)n4)sc3c2)c1. The number of anilines is 3. The summed E-state index contributed by atoms with van der Waals surface area (Å²) in [5.41, 5.74) is 3.72. The highest BCUT2D eigenvalue weighted by atomic mass is 32.1. The summed E-state index contributed by atoms with van der Waals surface area (Å²) in [7, 11) is 0. The number of benzene rings is 1. The summed E-state index contributed by atoms with van der Waals surface area (Å²) < 4.78 is 1.06. The minimum absolute atomic E-state index is 0.0265. The first-order valence-corrected chi connectivity index (χ1v) is 11.6. The van der Waals surface area contributed by atoms with Crippen molar-refractivity contribution in [2.24, 2.45) is 0 Å². The minimum atomic E-state index is -0.163. The van der Waals surface area contributed by atoms with Crippen LogP contribution < -0.4 is 10.6 Å². The molecule has 4 N–H and O–H groups in total. The molecule has 0 atom stereocenters. The third-order valence-corrected chi connectivity index (χ3v) is 6.67. The van der Waals surface area contributed by atoms with Crippen LogP contribution in [0.5, 0.6) is 0 Å². The van der Waals surface area contributed by atoms with Crippen LogP contribution in [0.1, 0.15) is 31.2 Å². The number of aromatic nitrogens is 3. The van der Waals surface area contributed by atoms with E-state index in [2.05, 4.69) is 26.7 Å². The van der Waals surface area contributed by atoms with Gasteiger partial charge in [0.15, 0.2) is 5.13 Å². The lowest BCUT2D eigenvalue weighted by atomic mass is 9.93. The van der Waals surface area contributed by atoms with E-state index >= 15 is 0 Å². The van der Waals surface area contributed by atoms with Crippen molar-refractivity contribution in [3.05, 3.63) is 60.4 Å². The van der Waals surface area contributed by atoms with Gasteiger partial charge in [-0.25, -0.2) is 9.97 Å². The van der Waals surface area contributed by atoms with Crippen LogP contribution in [-0.4, -0.2) is 37.3 Å². The predicted octanol–water partition coefficient (Wildman–Crippen LogP) is 4.70. The quantitative estimate of drug-likeness (QED) is 0.340. The second kappa shape index (κ2) is 9.20. The molecule has 0 radical (unpaired) electrons. The van der Waals surface area contributed by atoms with Crippen molar-refractivity contribution < 1.29 is 10.2 Å². The predicted molar refractivity (Wildman–Crippen MR) is 128 cm³/mol. The van der Waals surface area contributed by atoms with Gasteiger partial charge in [-0.2, -0.15) is 0 Å². The fraction of sp³-hybridized carbons (Fsp3) is 0.292. The number of aliphatic hydroxyl groups excluding tert-OH is 2. The summed E-state index contributed by atoms with van der Waals surface area (Å²) in [5, 5.41) is 26.7. The molecule has 4 aromatic rings. The molecule has 0 spiro atoms. The van der Waals surface area contributed by atoms with Gasteiger partial charge in [0.1, 0.15) is 11.6 Å². The number of nitrogens with zero attached hydrogens (tertiary/aromatic N) is 3. The van der Waals surface area contributed by atoms with Crippen molar-refractivity contribution >= 4 is 38.3 Å². The molecule has 1 fully saturated rings. The van der Waals surface area contributed by atoms with E-state index in [1.807, 2.05) is 36.4 Å². The Kier molecular flexibility index (Phi) is 5.98. The highest BCUT2D eigenvalue weighted by Gasteiger charge is 2.19. The molecule has 1 saturated carbocycles. The maximum Gasteiger partial charge on any atom is 0.189 e. The standard InChI is InChI=1S/C24H25N5O2S/c30-14-15-10-17(13-25-12-15)16-4-9-20-21(11-16)32-24(27-20)29-23-3-1-2-22(28-23)26-18-5-7-19(31)8-6-18/h1-4,9-13,18-19,30-31H,5-8,14H2,(H2,26,27,28,29). The first kappa shape index (κ1) is 20.8. The van der Waals surface area contributed by atoms with Gasteiger partial charge in [-0.3, -0.25) is 4.98 Å². The van der Waals surface area contributed by atoms with Gasteiger partial charge in [-0.15, -0.1) is 0 Å². The number of hydrogen-bond acceptors (Lipinski definition) is 8. The molecule has 0 aliphatic heterocycles. The number of aliphatic hydroxyl groups is 2. The Balaban J connectivity index is 1.32. The van der Waals surface area contributed by atoms with Crippen molar-refractivity contribution in [1.82, 2.24) is 15.0 Å². The zero-order valence-electron chi connectivity index (χ0n) is 17.5. The van der Waals surface area contributed by atoms with Gasteiger partial charge in [-0.05, 0) is 67.1 Å². The van der Waals surface area contributed by atoms with Gasteiger partial charge >= 0.3 is 0 Å². The average molecular weight is 448 g/mol. The number of rotatable bonds is 6. The van der Waals surface area contributed by atoms with Crippen LogP contribution in [0.15, 0.2) is 54.9 Å². The fourth-order valence-electron chi connectivity index (χ4n) is 4.01. The van der Waals surface area contributed by atoms with Crippen LogP contribution in [-0.2, 0) is 6.61 Å². The Morgan fingerprint density at radius 2 is 1.78 bits per heavy atom. The lowest BCUT2D eigenvalue weighted by Crippen LogP contribution is -2.28. The first-order valence-electron chi connectivity index (χ1n) is 10.8. The second-order valence-electron chi connectivity index (χ2n) is 8.12. The van der Waals surface area contributed by atoms with Crippen LogP contribution in [0, 0.1) is 0 Å². The minimum Gasteiger partial charge on any atom is -0.393 e. The van der Waals surface area contributed by atoms with E-state index < -0.39 is 0 Å². The summed E-state index contributed by atoms with van der Waals surface area (Å²) in [4.78, 5) is 13.6. The summed E-state index contributed by atoms with van der Waals surface area (Å²) in [6.45, 7) is -0.0265. The summed E-state index contributed by atoms with van der Waals surface area (Å²) in [6, 6.07) is 14.3. The smallest absolute Gasteiger partial charge is 0.189 e. The first-order chi connectivity index (χ1) is 15.7. The molecule has 0 amide bonds. The van der Waals surface area contributed by atoms with Crippen molar-refractivity contribution in [2.75, 3.05) is 10.6 Å². The van der Waals surface area contributed by atoms with Gasteiger partial charge in [0, 0.05) is 24.0 Å². The molecule has 8 heteroatoms. The third-order valence-electron chi connectivity index (χ3n) is 5.73.